The van der Waals surface area contributed by atoms with E-state index in [1.165, 1.54) is 0 Å². The van der Waals surface area contributed by atoms with Gasteiger partial charge in [-0.05, 0) is 43.4 Å². The van der Waals surface area contributed by atoms with Crippen molar-refractivity contribution >= 4 is 17.6 Å². The van der Waals surface area contributed by atoms with Gasteiger partial charge in [-0.2, -0.15) is 0 Å². The van der Waals surface area contributed by atoms with Crippen molar-refractivity contribution in [2.24, 2.45) is 5.92 Å². The van der Waals surface area contributed by atoms with Crippen molar-refractivity contribution in [2.75, 3.05) is 5.73 Å². The first kappa shape index (κ1) is 15.0. The van der Waals surface area contributed by atoms with Crippen LogP contribution in [0.3, 0.4) is 0 Å². The third-order valence-electron chi connectivity index (χ3n) is 3.05. The Labute approximate surface area is 112 Å². The molecule has 0 aliphatic rings. The summed E-state index contributed by atoms with van der Waals surface area (Å²) in [6.07, 6.45) is 1.99. The van der Waals surface area contributed by atoms with Gasteiger partial charge in [-0.15, -0.1) is 0 Å². The van der Waals surface area contributed by atoms with Gasteiger partial charge in [-0.3, -0.25) is 9.59 Å². The van der Waals surface area contributed by atoms with Gasteiger partial charge in [0.2, 0.25) is 0 Å². The lowest BCUT2D eigenvalue weighted by molar-refractivity contribution is -0.143. The SMILES string of the molecule is Nc1ccc(CCC(CCCC(=O)O)C(=O)O)cc1. The molecular weight excluding hydrogens is 246 g/mol. The van der Waals surface area contributed by atoms with Crippen molar-refractivity contribution in [3.05, 3.63) is 29.8 Å². The highest BCUT2D eigenvalue weighted by Gasteiger charge is 2.17. The number of nitrogens with two attached hydrogens (primary N) is 1. The Balaban J connectivity index is 2.43. The largest absolute Gasteiger partial charge is 0.481 e. The maximum absolute atomic E-state index is 11.1. The molecule has 0 saturated carbocycles. The molecule has 1 rings (SSSR count). The Bertz CT molecular complexity index is 428. The van der Waals surface area contributed by atoms with Gasteiger partial charge in [-0.1, -0.05) is 12.1 Å². The zero-order valence-corrected chi connectivity index (χ0v) is 10.7. The summed E-state index contributed by atoms with van der Waals surface area (Å²) >= 11 is 0. The van der Waals surface area contributed by atoms with Gasteiger partial charge in [-0.25, -0.2) is 0 Å². The van der Waals surface area contributed by atoms with Crippen molar-refractivity contribution < 1.29 is 19.8 Å². The van der Waals surface area contributed by atoms with E-state index in [2.05, 4.69) is 0 Å². The Hall–Kier alpha value is -2.04. The number of carbonyl (C=O) groups is 2. The molecule has 0 bridgehead atoms. The second-order valence-corrected chi connectivity index (χ2v) is 4.60. The number of hydrogen-bond donors (Lipinski definition) is 3. The van der Waals surface area contributed by atoms with E-state index in [4.69, 9.17) is 15.9 Å². The van der Waals surface area contributed by atoms with Crippen molar-refractivity contribution in [1.82, 2.24) is 0 Å². The maximum Gasteiger partial charge on any atom is 0.306 e. The van der Waals surface area contributed by atoms with Gasteiger partial charge < -0.3 is 15.9 Å². The predicted octanol–water partition coefficient (Wildman–Crippen LogP) is 2.16. The lowest BCUT2D eigenvalue weighted by Crippen LogP contribution is -2.15. The summed E-state index contributed by atoms with van der Waals surface area (Å²) in [7, 11) is 0. The maximum atomic E-state index is 11.1. The highest BCUT2D eigenvalue weighted by atomic mass is 16.4. The van der Waals surface area contributed by atoms with Crippen molar-refractivity contribution in [3.63, 3.8) is 0 Å². The molecule has 1 atom stereocenters. The molecule has 0 saturated heterocycles. The Morgan fingerprint density at radius 3 is 2.26 bits per heavy atom. The van der Waals surface area contributed by atoms with E-state index in [1.54, 1.807) is 12.1 Å². The normalized spacial score (nSPS) is 12.0. The Morgan fingerprint density at radius 1 is 1.11 bits per heavy atom. The molecule has 1 aromatic rings. The molecule has 5 heteroatoms. The molecule has 5 nitrogen and oxygen atoms in total. The fourth-order valence-corrected chi connectivity index (χ4v) is 1.92. The lowest BCUT2D eigenvalue weighted by Gasteiger charge is -2.11. The van der Waals surface area contributed by atoms with Crippen LogP contribution in [0.4, 0.5) is 5.69 Å². The summed E-state index contributed by atoms with van der Waals surface area (Å²) in [4.78, 5) is 21.5. The minimum atomic E-state index is -0.886. The lowest BCUT2D eigenvalue weighted by atomic mass is 9.94. The fraction of sp³-hybridized carbons (Fsp3) is 0.429. The molecule has 0 fully saturated rings. The van der Waals surface area contributed by atoms with Crippen LogP contribution in [0.2, 0.25) is 0 Å². The van der Waals surface area contributed by atoms with Crippen LogP contribution in [0, 0.1) is 5.92 Å². The molecule has 1 aromatic carbocycles. The number of anilines is 1. The third kappa shape index (κ3) is 5.90. The van der Waals surface area contributed by atoms with Gasteiger partial charge in [0.1, 0.15) is 0 Å². The molecule has 19 heavy (non-hydrogen) atoms. The third-order valence-corrected chi connectivity index (χ3v) is 3.05. The Kier molecular flexibility index (Phi) is 5.85. The fourth-order valence-electron chi connectivity index (χ4n) is 1.92. The smallest absolute Gasteiger partial charge is 0.306 e. The number of carboxylic acid groups (broad SMARTS) is 2. The summed E-state index contributed by atoms with van der Waals surface area (Å²) in [5, 5.41) is 17.6. The van der Waals surface area contributed by atoms with Crippen molar-refractivity contribution in [1.29, 1.82) is 0 Å². The average Bonchev–Trinajstić information content (AvgIpc) is 2.34. The number of aliphatic carboxylic acids is 2. The monoisotopic (exact) mass is 265 g/mol. The summed E-state index contributed by atoms with van der Waals surface area (Å²) in [5.74, 6) is -2.24. The molecule has 1 unspecified atom stereocenters. The minimum absolute atomic E-state index is 0.0195. The molecule has 104 valence electrons. The number of rotatable bonds is 8. The van der Waals surface area contributed by atoms with Gasteiger partial charge in [0.05, 0.1) is 5.92 Å². The number of benzene rings is 1. The van der Waals surface area contributed by atoms with Crippen molar-refractivity contribution in [3.8, 4) is 0 Å². The van der Waals surface area contributed by atoms with Crippen LogP contribution in [-0.2, 0) is 16.0 Å². The number of aryl methyl sites for hydroxylation is 1. The van der Waals surface area contributed by atoms with Crippen LogP contribution in [0.15, 0.2) is 24.3 Å². The van der Waals surface area contributed by atoms with Gasteiger partial charge in [0.15, 0.2) is 0 Å². The first-order valence-electron chi connectivity index (χ1n) is 6.28. The number of nitrogen functional groups attached to an aromatic ring is 1. The standard InChI is InChI=1S/C14H19NO4/c15-12-8-5-10(6-9-12)4-7-11(14(18)19)2-1-3-13(16)17/h5-6,8-9,11H,1-4,7,15H2,(H,16,17)(H,18,19). The zero-order valence-electron chi connectivity index (χ0n) is 10.7. The van der Waals surface area contributed by atoms with Crippen LogP contribution >= 0.6 is 0 Å². The molecule has 0 heterocycles. The number of carboxylic acids is 2. The van der Waals surface area contributed by atoms with Gasteiger partial charge in [0.25, 0.3) is 0 Å². The Morgan fingerprint density at radius 2 is 1.74 bits per heavy atom. The molecule has 0 aromatic heterocycles. The summed E-state index contributed by atoms with van der Waals surface area (Å²) in [6.45, 7) is 0. The first-order chi connectivity index (χ1) is 8.99. The van der Waals surface area contributed by atoms with E-state index in [1.807, 2.05) is 12.1 Å². The summed E-state index contributed by atoms with van der Waals surface area (Å²) in [6, 6.07) is 7.34. The van der Waals surface area contributed by atoms with E-state index in [0.717, 1.165) is 5.56 Å². The van der Waals surface area contributed by atoms with E-state index in [0.29, 0.717) is 31.4 Å². The highest BCUT2D eigenvalue weighted by molar-refractivity contribution is 5.70. The molecule has 0 aliphatic heterocycles. The molecule has 0 spiro atoms. The second kappa shape index (κ2) is 7.41. The zero-order chi connectivity index (χ0) is 14.3. The van der Waals surface area contributed by atoms with Crippen LogP contribution in [0.1, 0.15) is 31.2 Å². The molecule has 0 amide bonds. The summed E-state index contributed by atoms with van der Waals surface area (Å²) in [5.41, 5.74) is 7.30. The average molecular weight is 265 g/mol. The second-order valence-electron chi connectivity index (χ2n) is 4.60. The topological polar surface area (TPSA) is 101 Å². The van der Waals surface area contributed by atoms with Gasteiger partial charge >= 0.3 is 11.9 Å². The van der Waals surface area contributed by atoms with E-state index in [-0.39, 0.29) is 6.42 Å². The van der Waals surface area contributed by atoms with E-state index < -0.39 is 17.9 Å². The highest BCUT2D eigenvalue weighted by Crippen LogP contribution is 2.17. The molecule has 0 aliphatic carbocycles. The predicted molar refractivity (Wildman–Crippen MR) is 71.8 cm³/mol. The molecular formula is C14H19NO4. The minimum Gasteiger partial charge on any atom is -0.481 e. The quantitative estimate of drug-likeness (QED) is 0.625. The van der Waals surface area contributed by atoms with Gasteiger partial charge in [0, 0.05) is 12.1 Å². The van der Waals surface area contributed by atoms with E-state index in [9.17, 15) is 9.59 Å². The van der Waals surface area contributed by atoms with Crippen LogP contribution in [-0.4, -0.2) is 22.2 Å². The molecule has 0 radical (unpaired) electrons. The van der Waals surface area contributed by atoms with Crippen LogP contribution in [0.25, 0.3) is 0 Å². The van der Waals surface area contributed by atoms with Crippen LogP contribution in [0.5, 0.6) is 0 Å². The first-order valence-corrected chi connectivity index (χ1v) is 6.28. The van der Waals surface area contributed by atoms with E-state index >= 15 is 0 Å². The summed E-state index contributed by atoms with van der Waals surface area (Å²) < 4.78 is 0. The molecule has 4 N–H and O–H groups in total. The van der Waals surface area contributed by atoms with Crippen molar-refractivity contribution in [2.45, 2.75) is 32.1 Å². The number of hydrogen-bond acceptors (Lipinski definition) is 3. The van der Waals surface area contributed by atoms with Crippen LogP contribution < -0.4 is 5.73 Å².